The minimum absolute atomic E-state index is 0.0807. The number of nitriles is 1. The van der Waals surface area contributed by atoms with Gasteiger partial charge in [0.2, 0.25) is 5.91 Å². The standard InChI is InChI=1S/C17H18N4O3/c1-23-14-5-4-13(15(7-14)24-2)10-21-17(22)11-20-16-6-3-12(8-18)9-19-16/h3-7,9H,10-11H2,1-2H3,(H,19,20)(H,21,22). The molecule has 24 heavy (non-hydrogen) atoms. The van der Waals surface area contributed by atoms with Crippen molar-refractivity contribution in [3.63, 3.8) is 0 Å². The molecule has 0 radical (unpaired) electrons. The number of amides is 1. The van der Waals surface area contributed by atoms with E-state index in [2.05, 4.69) is 15.6 Å². The zero-order valence-electron chi connectivity index (χ0n) is 13.5. The van der Waals surface area contributed by atoms with Gasteiger partial charge in [-0.05, 0) is 24.3 Å². The quantitative estimate of drug-likeness (QED) is 0.804. The highest BCUT2D eigenvalue weighted by Gasteiger charge is 2.07. The minimum atomic E-state index is -0.181. The third-order valence-corrected chi connectivity index (χ3v) is 3.29. The maximum Gasteiger partial charge on any atom is 0.239 e. The fourth-order valence-corrected chi connectivity index (χ4v) is 1.99. The van der Waals surface area contributed by atoms with Crippen LogP contribution in [0.5, 0.6) is 11.5 Å². The first-order chi connectivity index (χ1) is 11.7. The molecule has 1 heterocycles. The molecule has 0 aliphatic carbocycles. The summed E-state index contributed by atoms with van der Waals surface area (Å²) in [5, 5.41) is 14.4. The second-order valence-electron chi connectivity index (χ2n) is 4.85. The summed E-state index contributed by atoms with van der Waals surface area (Å²) in [5.74, 6) is 1.69. The number of pyridine rings is 1. The molecule has 2 rings (SSSR count). The Bertz CT molecular complexity index is 738. The predicted octanol–water partition coefficient (Wildman–Crippen LogP) is 1.70. The van der Waals surface area contributed by atoms with Crippen LogP contribution >= 0.6 is 0 Å². The highest BCUT2D eigenvalue weighted by atomic mass is 16.5. The fourth-order valence-electron chi connectivity index (χ4n) is 1.99. The van der Waals surface area contributed by atoms with E-state index in [4.69, 9.17) is 14.7 Å². The zero-order chi connectivity index (χ0) is 17.4. The molecule has 1 aromatic heterocycles. The van der Waals surface area contributed by atoms with Crippen molar-refractivity contribution >= 4 is 11.7 Å². The van der Waals surface area contributed by atoms with E-state index in [1.807, 2.05) is 18.2 Å². The van der Waals surface area contributed by atoms with Crippen LogP contribution in [0.3, 0.4) is 0 Å². The molecule has 124 valence electrons. The highest BCUT2D eigenvalue weighted by molar-refractivity contribution is 5.80. The first-order valence-corrected chi connectivity index (χ1v) is 7.24. The van der Waals surface area contributed by atoms with Crippen molar-refractivity contribution in [2.75, 3.05) is 26.1 Å². The van der Waals surface area contributed by atoms with E-state index in [1.165, 1.54) is 6.20 Å². The van der Waals surface area contributed by atoms with Crippen LogP contribution in [0, 0.1) is 11.3 Å². The van der Waals surface area contributed by atoms with Gasteiger partial charge in [-0.15, -0.1) is 0 Å². The molecule has 0 atom stereocenters. The maximum atomic E-state index is 11.9. The largest absolute Gasteiger partial charge is 0.497 e. The van der Waals surface area contributed by atoms with Crippen molar-refractivity contribution in [3.8, 4) is 17.6 Å². The SMILES string of the molecule is COc1ccc(CNC(=O)CNc2ccc(C#N)cn2)c(OC)c1. The Labute approximate surface area is 140 Å². The van der Waals surface area contributed by atoms with Crippen molar-refractivity contribution in [2.24, 2.45) is 0 Å². The van der Waals surface area contributed by atoms with Crippen molar-refractivity contribution in [2.45, 2.75) is 6.54 Å². The number of nitrogens with one attached hydrogen (secondary N) is 2. The molecule has 0 saturated heterocycles. The molecule has 7 nitrogen and oxygen atoms in total. The molecule has 2 N–H and O–H groups in total. The maximum absolute atomic E-state index is 11.9. The van der Waals surface area contributed by atoms with E-state index in [0.717, 1.165) is 5.56 Å². The zero-order valence-corrected chi connectivity index (χ0v) is 13.5. The molecule has 2 aromatic rings. The number of ether oxygens (including phenoxy) is 2. The lowest BCUT2D eigenvalue weighted by atomic mass is 10.2. The lowest BCUT2D eigenvalue weighted by molar-refractivity contribution is -0.119. The monoisotopic (exact) mass is 326 g/mol. The minimum Gasteiger partial charge on any atom is -0.497 e. The summed E-state index contributed by atoms with van der Waals surface area (Å²) in [6.07, 6.45) is 1.45. The normalized spacial score (nSPS) is 9.71. The Morgan fingerprint density at radius 2 is 2.08 bits per heavy atom. The van der Waals surface area contributed by atoms with Crippen LogP contribution in [0.2, 0.25) is 0 Å². The second-order valence-corrected chi connectivity index (χ2v) is 4.85. The van der Waals surface area contributed by atoms with Gasteiger partial charge in [0.25, 0.3) is 0 Å². The molecule has 1 aromatic carbocycles. The predicted molar refractivity (Wildman–Crippen MR) is 88.8 cm³/mol. The van der Waals surface area contributed by atoms with Gasteiger partial charge < -0.3 is 20.1 Å². The topological polar surface area (TPSA) is 96.3 Å². The lowest BCUT2D eigenvalue weighted by Crippen LogP contribution is -2.29. The van der Waals surface area contributed by atoms with E-state index in [-0.39, 0.29) is 12.5 Å². The lowest BCUT2D eigenvalue weighted by Gasteiger charge is -2.11. The number of carbonyl (C=O) groups excluding carboxylic acids is 1. The van der Waals surface area contributed by atoms with Gasteiger partial charge in [0.05, 0.1) is 26.3 Å². The average Bonchev–Trinajstić information content (AvgIpc) is 2.64. The number of methoxy groups -OCH3 is 2. The van der Waals surface area contributed by atoms with Crippen LogP contribution in [0.15, 0.2) is 36.5 Å². The van der Waals surface area contributed by atoms with Crippen molar-refractivity contribution in [1.29, 1.82) is 5.26 Å². The summed E-state index contributed by atoms with van der Waals surface area (Å²) < 4.78 is 10.4. The van der Waals surface area contributed by atoms with Gasteiger partial charge >= 0.3 is 0 Å². The Morgan fingerprint density at radius 3 is 2.71 bits per heavy atom. The molecule has 0 aliphatic heterocycles. The summed E-state index contributed by atoms with van der Waals surface area (Å²) in [7, 11) is 3.15. The van der Waals surface area contributed by atoms with E-state index in [1.54, 1.807) is 32.4 Å². The number of aromatic nitrogens is 1. The Morgan fingerprint density at radius 1 is 1.25 bits per heavy atom. The van der Waals surface area contributed by atoms with Crippen LogP contribution in [-0.2, 0) is 11.3 Å². The van der Waals surface area contributed by atoms with Crippen molar-refractivity contribution < 1.29 is 14.3 Å². The van der Waals surface area contributed by atoms with Gasteiger partial charge in [-0.2, -0.15) is 5.26 Å². The second kappa shape index (κ2) is 8.39. The number of carbonyl (C=O) groups is 1. The fraction of sp³-hybridized carbons (Fsp3) is 0.235. The molecule has 0 fully saturated rings. The van der Waals surface area contributed by atoms with E-state index >= 15 is 0 Å². The smallest absolute Gasteiger partial charge is 0.239 e. The third-order valence-electron chi connectivity index (χ3n) is 3.29. The van der Waals surface area contributed by atoms with Gasteiger partial charge in [-0.25, -0.2) is 4.98 Å². The van der Waals surface area contributed by atoms with Gasteiger partial charge in [0.15, 0.2) is 0 Å². The van der Waals surface area contributed by atoms with Gasteiger partial charge in [-0.3, -0.25) is 4.79 Å². The van der Waals surface area contributed by atoms with E-state index < -0.39 is 0 Å². The molecule has 0 saturated carbocycles. The summed E-state index contributed by atoms with van der Waals surface area (Å²) >= 11 is 0. The molecule has 0 aliphatic rings. The van der Waals surface area contributed by atoms with Crippen LogP contribution in [-0.4, -0.2) is 31.7 Å². The molecule has 0 spiro atoms. The van der Waals surface area contributed by atoms with Crippen LogP contribution < -0.4 is 20.1 Å². The molecular weight excluding hydrogens is 308 g/mol. The third kappa shape index (κ3) is 4.61. The summed E-state index contributed by atoms with van der Waals surface area (Å²) in [4.78, 5) is 16.0. The number of hydrogen-bond donors (Lipinski definition) is 2. The van der Waals surface area contributed by atoms with Crippen LogP contribution in [0.4, 0.5) is 5.82 Å². The molecule has 0 bridgehead atoms. The van der Waals surface area contributed by atoms with Gasteiger partial charge in [0, 0.05) is 24.4 Å². The van der Waals surface area contributed by atoms with Crippen LogP contribution in [0.1, 0.15) is 11.1 Å². The molecule has 0 unspecified atom stereocenters. The summed E-state index contributed by atoms with van der Waals surface area (Å²) in [5.41, 5.74) is 1.32. The van der Waals surface area contributed by atoms with E-state index in [9.17, 15) is 4.79 Å². The molecular formula is C17H18N4O3. The van der Waals surface area contributed by atoms with Crippen molar-refractivity contribution in [1.82, 2.24) is 10.3 Å². The number of hydrogen-bond acceptors (Lipinski definition) is 6. The number of nitrogens with zero attached hydrogens (tertiary/aromatic N) is 2. The van der Waals surface area contributed by atoms with Gasteiger partial charge in [0.1, 0.15) is 23.4 Å². The number of benzene rings is 1. The molecule has 1 amide bonds. The first-order valence-electron chi connectivity index (χ1n) is 7.24. The van der Waals surface area contributed by atoms with Crippen LogP contribution in [0.25, 0.3) is 0 Å². The Hall–Kier alpha value is -3.27. The van der Waals surface area contributed by atoms with Gasteiger partial charge in [-0.1, -0.05) is 0 Å². The average molecular weight is 326 g/mol. The highest BCUT2D eigenvalue weighted by Crippen LogP contribution is 2.24. The number of rotatable bonds is 7. The molecule has 7 heteroatoms. The van der Waals surface area contributed by atoms with Crippen molar-refractivity contribution in [3.05, 3.63) is 47.7 Å². The summed E-state index contributed by atoms with van der Waals surface area (Å²) in [6, 6.07) is 10.7. The Balaban J connectivity index is 1.85. The van der Waals surface area contributed by atoms with E-state index in [0.29, 0.717) is 29.4 Å². The first kappa shape index (κ1) is 17.1. The number of anilines is 1. The summed E-state index contributed by atoms with van der Waals surface area (Å²) in [6.45, 7) is 0.422. The Kier molecular flexibility index (Phi) is 5.97.